The van der Waals surface area contributed by atoms with Gasteiger partial charge in [-0.2, -0.15) is 0 Å². The van der Waals surface area contributed by atoms with Gasteiger partial charge in [-0.25, -0.2) is 4.79 Å². The zero-order chi connectivity index (χ0) is 25.1. The molecule has 0 fully saturated rings. The van der Waals surface area contributed by atoms with E-state index in [0.29, 0.717) is 24.1 Å². The zero-order valence-electron chi connectivity index (χ0n) is 18.1. The summed E-state index contributed by atoms with van der Waals surface area (Å²) >= 11 is 0. The Kier molecular flexibility index (Phi) is 9.65. The average Bonchev–Trinajstić information content (AvgIpc) is 2.82. The van der Waals surface area contributed by atoms with Gasteiger partial charge in [0.1, 0.15) is 0 Å². The van der Waals surface area contributed by atoms with E-state index in [9.17, 15) is 29.3 Å². The Morgan fingerprint density at radius 1 is 1.03 bits per heavy atom. The molecule has 0 bridgehead atoms. The number of rotatable bonds is 12. The molecule has 12 heteroatoms. The number of ether oxygens (including phenoxy) is 1. The van der Waals surface area contributed by atoms with E-state index in [2.05, 4.69) is 10.6 Å². The van der Waals surface area contributed by atoms with Gasteiger partial charge in [-0.3, -0.25) is 24.5 Å². The summed E-state index contributed by atoms with van der Waals surface area (Å²) in [7, 11) is 0. The van der Waals surface area contributed by atoms with Crippen molar-refractivity contribution in [2.75, 3.05) is 11.9 Å². The Labute approximate surface area is 194 Å². The number of primary amides is 1. The number of non-ortho nitro benzene ring substituents is 1. The molecule has 0 heterocycles. The van der Waals surface area contributed by atoms with Crippen LogP contribution in [0.3, 0.4) is 0 Å². The largest absolute Gasteiger partial charge is 0.436 e. The fourth-order valence-electron chi connectivity index (χ4n) is 2.90. The first-order valence-corrected chi connectivity index (χ1v) is 10.2. The molecule has 0 aliphatic carbocycles. The number of unbranched alkanes of at least 4 members (excludes halogenated alkanes) is 1. The van der Waals surface area contributed by atoms with E-state index < -0.39 is 34.7 Å². The third kappa shape index (κ3) is 7.98. The monoisotopic (exact) mass is 472 g/mol. The van der Waals surface area contributed by atoms with E-state index in [1.807, 2.05) is 0 Å². The fraction of sp³-hybridized carbons (Fsp3) is 0.273. The molecule has 1 unspecified atom stereocenters. The molecule has 0 radical (unpaired) electrons. The Hall–Kier alpha value is -4.32. The molecule has 0 saturated carbocycles. The van der Waals surface area contributed by atoms with Gasteiger partial charge in [0.25, 0.3) is 17.5 Å². The maximum atomic E-state index is 12.4. The topological polar surface area (TPSA) is 191 Å². The minimum Gasteiger partial charge on any atom is -0.436 e. The van der Waals surface area contributed by atoms with Crippen LogP contribution >= 0.6 is 0 Å². The van der Waals surface area contributed by atoms with Gasteiger partial charge in [0.15, 0.2) is 6.10 Å². The molecular formula is C22H24N4O8. The predicted molar refractivity (Wildman–Crippen MR) is 120 cm³/mol. The van der Waals surface area contributed by atoms with Gasteiger partial charge >= 0.3 is 6.09 Å². The van der Waals surface area contributed by atoms with E-state index in [0.717, 1.165) is 12.1 Å². The van der Waals surface area contributed by atoms with Crippen LogP contribution < -0.4 is 16.4 Å². The van der Waals surface area contributed by atoms with Gasteiger partial charge in [0.2, 0.25) is 5.78 Å². The minimum absolute atomic E-state index is 0.0155. The molecule has 0 spiro atoms. The molecule has 1 atom stereocenters. The van der Waals surface area contributed by atoms with Crippen LogP contribution in [-0.4, -0.2) is 46.4 Å². The number of carbonyl (C=O) groups is 4. The highest BCUT2D eigenvalue weighted by atomic mass is 16.6. The number of nitrogens with one attached hydrogen (secondary N) is 2. The van der Waals surface area contributed by atoms with Crippen LogP contribution in [0.15, 0.2) is 48.5 Å². The van der Waals surface area contributed by atoms with Crippen LogP contribution in [0.4, 0.5) is 16.2 Å². The van der Waals surface area contributed by atoms with Crippen molar-refractivity contribution in [3.05, 3.63) is 69.8 Å². The highest BCUT2D eigenvalue weighted by Gasteiger charge is 2.22. The van der Waals surface area contributed by atoms with Crippen molar-refractivity contribution in [3.63, 3.8) is 0 Å². The van der Waals surface area contributed by atoms with Gasteiger partial charge in [0, 0.05) is 29.9 Å². The number of ketones is 1. The number of aliphatic hydroxyl groups is 1. The van der Waals surface area contributed by atoms with Gasteiger partial charge in [-0.15, -0.1) is 0 Å². The third-order valence-electron chi connectivity index (χ3n) is 4.68. The summed E-state index contributed by atoms with van der Waals surface area (Å²) in [5, 5.41) is 24.7. The lowest BCUT2D eigenvalue weighted by atomic mass is 10.1. The maximum Gasteiger partial charge on any atom is 0.405 e. The molecule has 0 aliphatic heterocycles. The molecule has 0 aliphatic rings. The number of anilines is 1. The van der Waals surface area contributed by atoms with Crippen LogP contribution in [0.5, 0.6) is 0 Å². The van der Waals surface area contributed by atoms with E-state index in [1.165, 1.54) is 12.1 Å². The van der Waals surface area contributed by atoms with Crippen LogP contribution in [0.1, 0.15) is 35.2 Å². The fourth-order valence-corrected chi connectivity index (χ4v) is 2.90. The molecule has 12 nitrogen and oxygen atoms in total. The van der Waals surface area contributed by atoms with Crippen molar-refractivity contribution in [2.45, 2.75) is 32.0 Å². The number of aliphatic hydroxyl groups excluding tert-OH is 1. The lowest BCUT2D eigenvalue weighted by Crippen LogP contribution is -2.35. The van der Waals surface area contributed by atoms with Crippen molar-refractivity contribution in [2.24, 2.45) is 5.73 Å². The standard InChI is InChI=1S/C22H24N4O8/c23-22(31)34-18(20(29)25-16-8-4-14(13-27)5-9-16)3-1-2-12-24-21(30)19(28)15-6-10-17(11-7-15)26(32)33/h4-11,18,27H,1-3,12-13H2,(H2,23,31)(H,24,30)(H,25,29). The first-order chi connectivity index (χ1) is 16.2. The Morgan fingerprint density at radius 2 is 1.68 bits per heavy atom. The van der Waals surface area contributed by atoms with Crippen molar-refractivity contribution in [1.82, 2.24) is 5.32 Å². The summed E-state index contributed by atoms with van der Waals surface area (Å²) in [5.74, 6) is -2.30. The number of hydrogen-bond donors (Lipinski definition) is 4. The second-order valence-electron chi connectivity index (χ2n) is 7.15. The predicted octanol–water partition coefficient (Wildman–Crippen LogP) is 1.66. The molecule has 180 valence electrons. The van der Waals surface area contributed by atoms with E-state index in [1.54, 1.807) is 24.3 Å². The molecule has 5 N–H and O–H groups in total. The number of nitro groups is 1. The molecule has 34 heavy (non-hydrogen) atoms. The molecule has 2 rings (SSSR count). The molecule has 0 aromatic heterocycles. The SMILES string of the molecule is NC(=O)OC(CCCCNC(=O)C(=O)c1ccc([N+](=O)[O-])cc1)C(=O)Nc1ccc(CO)cc1. The number of nitrogens with zero attached hydrogens (tertiary/aromatic N) is 1. The van der Waals surface area contributed by atoms with Gasteiger partial charge < -0.3 is 26.2 Å². The molecule has 2 aromatic rings. The Balaban J connectivity index is 1.80. The van der Waals surface area contributed by atoms with Gasteiger partial charge in [-0.05, 0) is 49.1 Å². The molecule has 2 aromatic carbocycles. The number of hydrogen-bond acceptors (Lipinski definition) is 8. The van der Waals surface area contributed by atoms with Crippen molar-refractivity contribution in [3.8, 4) is 0 Å². The van der Waals surface area contributed by atoms with Gasteiger partial charge in [-0.1, -0.05) is 12.1 Å². The number of benzene rings is 2. The Morgan fingerprint density at radius 3 is 2.24 bits per heavy atom. The summed E-state index contributed by atoms with van der Waals surface area (Å²) in [4.78, 5) is 57.7. The van der Waals surface area contributed by atoms with Crippen molar-refractivity contribution in [1.29, 1.82) is 0 Å². The third-order valence-corrected chi connectivity index (χ3v) is 4.68. The van der Waals surface area contributed by atoms with Crippen LogP contribution in [0, 0.1) is 10.1 Å². The highest BCUT2D eigenvalue weighted by molar-refractivity contribution is 6.42. The second kappa shape index (κ2) is 12.6. The summed E-state index contributed by atoms with van der Waals surface area (Å²) < 4.78 is 4.88. The molecule has 0 saturated heterocycles. The average molecular weight is 472 g/mol. The van der Waals surface area contributed by atoms with Crippen LogP contribution in [0.2, 0.25) is 0 Å². The van der Waals surface area contributed by atoms with E-state index >= 15 is 0 Å². The number of carbonyl (C=O) groups excluding carboxylic acids is 4. The maximum absolute atomic E-state index is 12.4. The summed E-state index contributed by atoms with van der Waals surface area (Å²) in [6.45, 7) is -0.0251. The van der Waals surface area contributed by atoms with Crippen LogP contribution in [-0.2, 0) is 20.9 Å². The Bertz CT molecular complexity index is 1040. The molecule has 3 amide bonds. The second-order valence-corrected chi connectivity index (χ2v) is 7.15. The number of Topliss-reactive ketones (excluding diaryl/α,β-unsaturated/α-hetero) is 1. The zero-order valence-corrected chi connectivity index (χ0v) is 18.1. The summed E-state index contributed by atoms with van der Waals surface area (Å²) in [6, 6.07) is 11.1. The number of amides is 3. The minimum atomic E-state index is -1.16. The molecular weight excluding hydrogens is 448 g/mol. The quantitative estimate of drug-likeness (QED) is 0.118. The first kappa shape index (κ1) is 25.9. The van der Waals surface area contributed by atoms with Gasteiger partial charge in [0.05, 0.1) is 11.5 Å². The highest BCUT2D eigenvalue weighted by Crippen LogP contribution is 2.14. The van der Waals surface area contributed by atoms with E-state index in [-0.39, 0.29) is 30.8 Å². The van der Waals surface area contributed by atoms with Crippen LogP contribution in [0.25, 0.3) is 0 Å². The van der Waals surface area contributed by atoms with Crippen molar-refractivity contribution >= 4 is 35.1 Å². The lowest BCUT2D eigenvalue weighted by molar-refractivity contribution is -0.384. The summed E-state index contributed by atoms with van der Waals surface area (Å²) in [6.07, 6.45) is -1.42. The lowest BCUT2D eigenvalue weighted by Gasteiger charge is -2.16. The number of nitrogens with two attached hydrogens (primary N) is 1. The smallest absolute Gasteiger partial charge is 0.405 e. The normalized spacial score (nSPS) is 11.2. The number of nitro benzene ring substituents is 1. The summed E-state index contributed by atoms with van der Waals surface area (Å²) in [5.41, 5.74) is 5.97. The first-order valence-electron chi connectivity index (χ1n) is 10.2. The van der Waals surface area contributed by atoms with E-state index in [4.69, 9.17) is 15.6 Å². The van der Waals surface area contributed by atoms with Crippen molar-refractivity contribution < 1.29 is 33.9 Å².